The summed E-state index contributed by atoms with van der Waals surface area (Å²) in [6, 6.07) is -1.71. The van der Waals surface area contributed by atoms with Crippen LogP contribution in [-0.2, 0) is 89.2 Å². The first-order valence-electron chi connectivity index (χ1n) is 25.7. The molecule has 0 aliphatic heterocycles. The maximum absolute atomic E-state index is 14.8. The van der Waals surface area contributed by atoms with Crippen LogP contribution in [0.1, 0.15) is 117 Å². The number of hydrogen-bond donors (Lipinski definition) is 7. The van der Waals surface area contributed by atoms with E-state index in [-0.39, 0.29) is 111 Å². The van der Waals surface area contributed by atoms with Crippen LogP contribution < -0.4 is 14.2 Å². The molecule has 4 aromatic rings. The van der Waals surface area contributed by atoms with Crippen LogP contribution in [0.3, 0.4) is 0 Å². The van der Waals surface area contributed by atoms with Crippen LogP contribution in [0.25, 0.3) is 32.3 Å². The summed E-state index contributed by atoms with van der Waals surface area (Å²) >= 11 is 0. The Kier molecular flexibility index (Phi) is 24.0. The number of aromatic hydroxyl groups is 1. The van der Waals surface area contributed by atoms with Gasteiger partial charge < -0.3 is 5.11 Å². The lowest BCUT2D eigenvalue weighted by molar-refractivity contribution is -0.121. The van der Waals surface area contributed by atoms with Crippen LogP contribution in [0.4, 0.5) is 0 Å². The summed E-state index contributed by atoms with van der Waals surface area (Å²) in [5.74, 6) is -9.57. The number of sulfonamides is 3. The van der Waals surface area contributed by atoms with Gasteiger partial charge in [-0.05, 0) is 88.1 Å². The van der Waals surface area contributed by atoms with Crippen molar-refractivity contribution in [2.75, 3.05) is 17.3 Å². The predicted octanol–water partition coefficient (Wildman–Crippen LogP) is 4.89. The Morgan fingerprint density at radius 2 is 0.639 bits per heavy atom. The molecule has 0 amide bonds. The summed E-state index contributed by atoms with van der Waals surface area (Å²) in [6.45, 7) is 15.1. The quantitative estimate of drug-likeness (QED) is 0.0135. The van der Waals surface area contributed by atoms with Gasteiger partial charge in [-0.1, -0.05) is 57.2 Å². The number of nitrogens with one attached hydrogen (secondary N) is 3. The molecule has 3 unspecified atom stereocenters. The summed E-state index contributed by atoms with van der Waals surface area (Å²) in [4.78, 5) is 73.7. The predicted molar refractivity (Wildman–Crippen MR) is 307 cm³/mol. The monoisotopic (exact) mass is 1280 g/mol. The van der Waals surface area contributed by atoms with Crippen molar-refractivity contribution in [3.05, 3.63) is 72.9 Å². The Bertz CT molecular complexity index is 3810. The molecule has 0 bridgehead atoms. The Hall–Kier alpha value is -5.58. The Morgan fingerprint density at radius 1 is 0.398 bits per heavy atom. The lowest BCUT2D eigenvalue weighted by Gasteiger charge is -2.23. The lowest BCUT2D eigenvalue weighted by Crippen LogP contribution is -2.46. The van der Waals surface area contributed by atoms with Crippen molar-refractivity contribution < 1.29 is 98.0 Å². The second-order valence-corrected chi connectivity index (χ2v) is 29.8. The molecule has 31 heteroatoms. The minimum atomic E-state index is -5.51. The number of unbranched alkanes of at least 4 members (excludes halogenated alkanes) is 6. The summed E-state index contributed by atoms with van der Waals surface area (Å²) in [5, 5.41) is 8.69. The standard InChI is InChI=1S/C52H67N3O22S6/c1-31(2)41(56)16-10-7-13-19-44(59)38(28-78(63,64)65)53-81(72,73)48-26-47(62)34-22-23-36-49(82(74,75)54-39(29-79(66,67)68)45(60)20-14-8-11-17-42(57)32(3)4)27-50(37-25-24-35(48)51(34)52(36)37)83(76,77)55-40(30-80(69,70)71)46(61)21-15-9-12-18-43(58)33(5)6/h22-27,38-40,53-55,62H,1,3,5,7-21,28-30H2,2,4,6H3,(H,63,64,65)(H,66,67,68)(H,69,70,71). The Labute approximate surface area is 482 Å². The third-order valence-corrected chi connectivity index (χ3v) is 20.0. The minimum absolute atomic E-state index is 0.0232. The van der Waals surface area contributed by atoms with Crippen LogP contribution in [-0.4, -0.2) is 139 Å². The van der Waals surface area contributed by atoms with E-state index >= 15 is 0 Å². The fourth-order valence-corrected chi connectivity index (χ4v) is 15.8. The van der Waals surface area contributed by atoms with Crippen LogP contribution in [0, 0.1) is 0 Å². The van der Waals surface area contributed by atoms with E-state index in [4.69, 9.17) is 0 Å². The van der Waals surface area contributed by atoms with Gasteiger partial charge in [0.1, 0.15) is 5.75 Å². The second-order valence-electron chi connectivity index (χ2n) is 20.3. The fourth-order valence-electron chi connectivity index (χ4n) is 8.96. The molecule has 4 aromatic carbocycles. The van der Waals surface area contributed by atoms with E-state index in [1.807, 2.05) is 14.2 Å². The first-order chi connectivity index (χ1) is 38.2. The number of Topliss-reactive ketones (excluding diaryl/α,β-unsaturated/α-hetero) is 6. The third kappa shape index (κ3) is 20.3. The zero-order valence-corrected chi connectivity index (χ0v) is 50.5. The highest BCUT2D eigenvalue weighted by Crippen LogP contribution is 2.45. The van der Waals surface area contributed by atoms with Crippen LogP contribution in [0.2, 0.25) is 0 Å². The second kappa shape index (κ2) is 28.5. The summed E-state index contributed by atoms with van der Waals surface area (Å²) in [5.41, 5.74) is 0.836. The van der Waals surface area contributed by atoms with Crippen molar-refractivity contribution in [3.63, 3.8) is 0 Å². The normalized spacial score (nSPS) is 13.9. The zero-order valence-electron chi connectivity index (χ0n) is 45.6. The number of carbonyl (C=O) groups excluding carboxylic acids is 6. The number of phenols is 1. The van der Waals surface area contributed by atoms with E-state index in [0.717, 1.165) is 24.3 Å². The molecule has 0 aliphatic rings. The van der Waals surface area contributed by atoms with Gasteiger partial charge in [-0.2, -0.15) is 39.4 Å². The van der Waals surface area contributed by atoms with Gasteiger partial charge in [0.2, 0.25) is 30.1 Å². The summed E-state index contributed by atoms with van der Waals surface area (Å²) in [7, 11) is -31.8. The van der Waals surface area contributed by atoms with Crippen molar-refractivity contribution in [1.29, 1.82) is 0 Å². The highest BCUT2D eigenvalue weighted by atomic mass is 32.2. The zero-order chi connectivity index (χ0) is 62.8. The molecule has 0 spiro atoms. The topological polar surface area (TPSA) is 424 Å². The number of hydrogen-bond acceptors (Lipinski definition) is 19. The van der Waals surface area contributed by atoms with E-state index < -0.39 is 180 Å². The van der Waals surface area contributed by atoms with E-state index in [0.29, 0.717) is 17.7 Å². The Balaban J connectivity index is 1.98. The molecule has 0 aromatic heterocycles. The van der Waals surface area contributed by atoms with Gasteiger partial charge in [-0.15, -0.1) is 0 Å². The molecule has 458 valence electrons. The number of rotatable bonds is 39. The molecule has 0 aliphatic carbocycles. The number of benzene rings is 4. The molecule has 83 heavy (non-hydrogen) atoms. The molecule has 0 radical (unpaired) electrons. The smallest absolute Gasteiger partial charge is 0.266 e. The minimum Gasteiger partial charge on any atom is -0.507 e. The maximum Gasteiger partial charge on any atom is 0.266 e. The van der Waals surface area contributed by atoms with E-state index in [2.05, 4.69) is 19.7 Å². The first-order valence-corrected chi connectivity index (χ1v) is 35.0. The third-order valence-electron chi connectivity index (χ3n) is 13.2. The van der Waals surface area contributed by atoms with Gasteiger partial charge in [0.25, 0.3) is 30.4 Å². The molecule has 25 nitrogen and oxygen atoms in total. The average Bonchev–Trinajstić information content (AvgIpc) is 1.54. The van der Waals surface area contributed by atoms with Gasteiger partial charge in [0, 0.05) is 76.9 Å². The van der Waals surface area contributed by atoms with Crippen molar-refractivity contribution in [2.45, 2.75) is 150 Å². The molecule has 0 heterocycles. The fraction of sp³-hybridized carbons (Fsp3) is 0.462. The van der Waals surface area contributed by atoms with Crippen LogP contribution in [0.5, 0.6) is 5.75 Å². The van der Waals surface area contributed by atoms with E-state index in [1.54, 1.807) is 0 Å². The number of carbonyl (C=O) groups is 6. The highest BCUT2D eigenvalue weighted by molar-refractivity contribution is 7.91. The molecule has 0 saturated carbocycles. The molecular weight excluding hydrogens is 1210 g/mol. The summed E-state index contributed by atoms with van der Waals surface area (Å²) < 4.78 is 197. The van der Waals surface area contributed by atoms with Crippen molar-refractivity contribution in [3.8, 4) is 5.75 Å². The molecule has 7 N–H and O–H groups in total. The molecular formula is C52H67N3O22S6. The van der Waals surface area contributed by atoms with Crippen molar-refractivity contribution >= 4 is 127 Å². The lowest BCUT2D eigenvalue weighted by atomic mass is 9.94. The number of phenolic OH excluding ortho intramolecular Hbond substituents is 1. The molecule has 4 rings (SSSR count). The Morgan fingerprint density at radius 3 is 0.904 bits per heavy atom. The molecule has 0 fully saturated rings. The van der Waals surface area contributed by atoms with Gasteiger partial charge in [-0.25, -0.2) is 25.3 Å². The van der Waals surface area contributed by atoms with Gasteiger partial charge >= 0.3 is 0 Å². The van der Waals surface area contributed by atoms with Crippen molar-refractivity contribution in [2.24, 2.45) is 0 Å². The number of ketones is 6. The first kappa shape index (κ1) is 69.9. The molecule has 3 atom stereocenters. The maximum atomic E-state index is 14.8. The van der Waals surface area contributed by atoms with Crippen LogP contribution >= 0.6 is 0 Å². The highest BCUT2D eigenvalue weighted by Gasteiger charge is 2.37. The van der Waals surface area contributed by atoms with Gasteiger partial charge in [-0.3, -0.25) is 42.4 Å². The average molecular weight is 1280 g/mol. The van der Waals surface area contributed by atoms with Crippen LogP contribution in [0.15, 0.2) is 87.5 Å². The van der Waals surface area contributed by atoms with Gasteiger partial charge in [0.05, 0.1) is 50.1 Å². The van der Waals surface area contributed by atoms with E-state index in [9.17, 15) is 98.0 Å². The SMILES string of the molecule is C=C(C)C(=O)CCCCCC(=O)C(CS(=O)(=O)O)NS(=O)(=O)c1cc(O)c2ccc3c(S(=O)(=O)NC(CS(=O)(=O)O)C(=O)CCCCCC(=O)C(=C)C)cc(S(=O)(=O)NC(CS(=O)(=O)O)C(=O)CCCCCC(=O)C(=C)C)c4ccc1c2c34. The molecule has 0 saturated heterocycles. The largest absolute Gasteiger partial charge is 0.507 e. The van der Waals surface area contributed by atoms with E-state index in [1.165, 1.54) is 20.8 Å². The summed E-state index contributed by atoms with van der Waals surface area (Å²) in [6.07, 6.45) is 0.0492. The number of allylic oxidation sites excluding steroid dienone is 3. The van der Waals surface area contributed by atoms with Gasteiger partial charge in [0.15, 0.2) is 34.7 Å². The van der Waals surface area contributed by atoms with Crippen molar-refractivity contribution in [1.82, 2.24) is 14.2 Å².